The molecule has 4 heteroatoms. The van der Waals surface area contributed by atoms with Crippen LogP contribution in [0.25, 0.3) is 0 Å². The SMILES string of the molecule is NCCc1cc(OCc2ccccc2)c(OCc2ccccc2)cc1CCN. The molecular weight excluding hydrogens is 348 g/mol. The number of rotatable bonds is 10. The largest absolute Gasteiger partial charge is 0.485 e. The Bertz CT molecular complexity index is 779. The Morgan fingerprint density at radius 1 is 0.571 bits per heavy atom. The molecule has 0 unspecified atom stereocenters. The summed E-state index contributed by atoms with van der Waals surface area (Å²) in [5, 5.41) is 0. The molecule has 4 nitrogen and oxygen atoms in total. The van der Waals surface area contributed by atoms with Crippen LogP contribution in [0.5, 0.6) is 11.5 Å². The maximum absolute atomic E-state index is 6.13. The second-order valence-electron chi connectivity index (χ2n) is 6.69. The van der Waals surface area contributed by atoms with Crippen LogP contribution >= 0.6 is 0 Å². The summed E-state index contributed by atoms with van der Waals surface area (Å²) in [7, 11) is 0. The van der Waals surface area contributed by atoms with Crippen LogP contribution in [0.1, 0.15) is 22.3 Å². The first-order valence-electron chi connectivity index (χ1n) is 9.69. The van der Waals surface area contributed by atoms with Gasteiger partial charge in [0.2, 0.25) is 0 Å². The van der Waals surface area contributed by atoms with Crippen LogP contribution in [-0.2, 0) is 26.1 Å². The summed E-state index contributed by atoms with van der Waals surface area (Å²) in [4.78, 5) is 0. The molecule has 0 aromatic heterocycles. The molecule has 4 N–H and O–H groups in total. The lowest BCUT2D eigenvalue weighted by Crippen LogP contribution is -2.11. The van der Waals surface area contributed by atoms with Gasteiger partial charge in [-0.1, -0.05) is 60.7 Å². The van der Waals surface area contributed by atoms with Gasteiger partial charge < -0.3 is 20.9 Å². The fourth-order valence-electron chi connectivity index (χ4n) is 3.12. The average Bonchev–Trinajstić information content (AvgIpc) is 2.74. The number of ether oxygens (including phenoxy) is 2. The van der Waals surface area contributed by atoms with Gasteiger partial charge in [0.1, 0.15) is 13.2 Å². The van der Waals surface area contributed by atoms with Crippen molar-refractivity contribution in [3.05, 3.63) is 95.1 Å². The Morgan fingerprint density at radius 3 is 1.32 bits per heavy atom. The number of benzene rings is 3. The van der Waals surface area contributed by atoms with Gasteiger partial charge in [-0.05, 0) is 60.3 Å². The van der Waals surface area contributed by atoms with Crippen molar-refractivity contribution in [1.29, 1.82) is 0 Å². The van der Waals surface area contributed by atoms with E-state index in [1.807, 2.05) is 60.7 Å². The molecule has 0 amide bonds. The highest BCUT2D eigenvalue weighted by atomic mass is 16.5. The van der Waals surface area contributed by atoms with Gasteiger partial charge in [0.15, 0.2) is 11.5 Å². The van der Waals surface area contributed by atoms with E-state index in [1.54, 1.807) is 0 Å². The Kier molecular flexibility index (Phi) is 7.47. The van der Waals surface area contributed by atoms with Crippen LogP contribution in [0, 0.1) is 0 Å². The van der Waals surface area contributed by atoms with Gasteiger partial charge in [0.05, 0.1) is 0 Å². The number of nitrogens with two attached hydrogens (primary N) is 2. The fourth-order valence-corrected chi connectivity index (χ4v) is 3.12. The van der Waals surface area contributed by atoms with E-state index >= 15 is 0 Å². The van der Waals surface area contributed by atoms with Crippen LogP contribution in [0.3, 0.4) is 0 Å². The first kappa shape index (κ1) is 19.9. The Hall–Kier alpha value is -2.82. The van der Waals surface area contributed by atoms with Crippen molar-refractivity contribution in [3.63, 3.8) is 0 Å². The van der Waals surface area contributed by atoms with E-state index in [1.165, 1.54) is 11.1 Å². The highest BCUT2D eigenvalue weighted by Crippen LogP contribution is 2.33. The van der Waals surface area contributed by atoms with Gasteiger partial charge in [-0.15, -0.1) is 0 Å². The van der Waals surface area contributed by atoms with Crippen LogP contribution in [0.4, 0.5) is 0 Å². The molecule has 146 valence electrons. The van der Waals surface area contributed by atoms with Crippen LogP contribution in [0.2, 0.25) is 0 Å². The highest BCUT2D eigenvalue weighted by molar-refractivity contribution is 5.48. The molecule has 0 atom stereocenters. The third-order valence-corrected chi connectivity index (χ3v) is 4.57. The van der Waals surface area contributed by atoms with Gasteiger partial charge >= 0.3 is 0 Å². The molecule has 0 saturated heterocycles. The molecule has 28 heavy (non-hydrogen) atoms. The van der Waals surface area contributed by atoms with E-state index in [4.69, 9.17) is 20.9 Å². The third kappa shape index (κ3) is 5.59. The monoisotopic (exact) mass is 376 g/mol. The zero-order chi connectivity index (χ0) is 19.6. The molecular formula is C24H28N2O2. The third-order valence-electron chi connectivity index (χ3n) is 4.57. The number of hydrogen-bond acceptors (Lipinski definition) is 4. The van der Waals surface area contributed by atoms with E-state index in [0.29, 0.717) is 26.3 Å². The normalized spacial score (nSPS) is 10.6. The molecule has 0 aliphatic heterocycles. The lowest BCUT2D eigenvalue weighted by atomic mass is 10.0. The van der Waals surface area contributed by atoms with E-state index in [9.17, 15) is 0 Å². The Morgan fingerprint density at radius 2 is 0.964 bits per heavy atom. The van der Waals surface area contributed by atoms with Crippen molar-refractivity contribution >= 4 is 0 Å². The standard InChI is InChI=1S/C24H28N2O2/c25-13-11-21-15-23(27-17-19-7-3-1-4-8-19)24(16-22(21)12-14-26)28-18-20-9-5-2-6-10-20/h1-10,15-16H,11-14,17-18,25-26H2. The topological polar surface area (TPSA) is 70.5 Å². The summed E-state index contributed by atoms with van der Waals surface area (Å²) in [6.07, 6.45) is 1.58. The van der Waals surface area contributed by atoms with Gasteiger partial charge in [0.25, 0.3) is 0 Å². The van der Waals surface area contributed by atoms with E-state index in [2.05, 4.69) is 12.1 Å². The quantitative estimate of drug-likeness (QED) is 0.564. The molecule has 0 heterocycles. The maximum Gasteiger partial charge on any atom is 0.161 e. The predicted molar refractivity (Wildman–Crippen MR) is 114 cm³/mol. The molecule has 0 saturated carbocycles. The van der Waals surface area contributed by atoms with Crippen LogP contribution in [0.15, 0.2) is 72.8 Å². The summed E-state index contributed by atoms with van der Waals surface area (Å²) in [6, 6.07) is 24.3. The second kappa shape index (κ2) is 10.5. The molecule has 0 spiro atoms. The molecule has 3 aromatic rings. The molecule has 0 bridgehead atoms. The van der Waals surface area contributed by atoms with E-state index in [-0.39, 0.29) is 0 Å². The minimum atomic E-state index is 0.487. The zero-order valence-electron chi connectivity index (χ0n) is 16.1. The predicted octanol–water partition coefficient (Wildman–Crippen LogP) is 3.85. The first-order chi connectivity index (χ1) is 13.8. The summed E-state index contributed by atoms with van der Waals surface area (Å²) < 4.78 is 12.3. The summed E-state index contributed by atoms with van der Waals surface area (Å²) in [5.41, 5.74) is 16.2. The van der Waals surface area contributed by atoms with Gasteiger partial charge in [-0.3, -0.25) is 0 Å². The maximum atomic E-state index is 6.13. The van der Waals surface area contributed by atoms with Crippen molar-refractivity contribution in [3.8, 4) is 11.5 Å². The average molecular weight is 377 g/mol. The van der Waals surface area contributed by atoms with Crippen molar-refractivity contribution in [2.75, 3.05) is 13.1 Å². The van der Waals surface area contributed by atoms with Crippen molar-refractivity contribution in [1.82, 2.24) is 0 Å². The minimum Gasteiger partial charge on any atom is -0.485 e. The molecule has 3 rings (SSSR count). The van der Waals surface area contributed by atoms with Crippen LogP contribution in [-0.4, -0.2) is 13.1 Å². The van der Waals surface area contributed by atoms with E-state index < -0.39 is 0 Å². The Balaban J connectivity index is 1.85. The molecule has 0 fully saturated rings. The second-order valence-corrected chi connectivity index (χ2v) is 6.69. The van der Waals surface area contributed by atoms with Crippen LogP contribution < -0.4 is 20.9 Å². The van der Waals surface area contributed by atoms with E-state index in [0.717, 1.165) is 35.5 Å². The van der Waals surface area contributed by atoms with Crippen molar-refractivity contribution < 1.29 is 9.47 Å². The van der Waals surface area contributed by atoms with Crippen molar-refractivity contribution in [2.45, 2.75) is 26.1 Å². The lowest BCUT2D eigenvalue weighted by Gasteiger charge is -2.17. The minimum absolute atomic E-state index is 0.487. The first-order valence-corrected chi connectivity index (χ1v) is 9.69. The summed E-state index contributed by atoms with van der Waals surface area (Å²) in [5.74, 6) is 1.48. The van der Waals surface area contributed by atoms with Crippen molar-refractivity contribution in [2.24, 2.45) is 11.5 Å². The highest BCUT2D eigenvalue weighted by Gasteiger charge is 2.13. The zero-order valence-corrected chi connectivity index (χ0v) is 16.1. The van der Waals surface area contributed by atoms with Gasteiger partial charge in [0, 0.05) is 0 Å². The number of hydrogen-bond donors (Lipinski definition) is 2. The van der Waals surface area contributed by atoms with Gasteiger partial charge in [-0.2, -0.15) is 0 Å². The summed E-state index contributed by atoms with van der Waals surface area (Å²) >= 11 is 0. The van der Waals surface area contributed by atoms with Gasteiger partial charge in [-0.25, -0.2) is 0 Å². The summed E-state index contributed by atoms with van der Waals surface area (Å²) in [6.45, 7) is 2.14. The molecule has 0 aliphatic carbocycles. The molecule has 0 radical (unpaired) electrons. The fraction of sp³-hybridized carbons (Fsp3) is 0.250. The molecule has 3 aromatic carbocycles. The molecule has 0 aliphatic rings. The smallest absolute Gasteiger partial charge is 0.161 e. The lowest BCUT2D eigenvalue weighted by molar-refractivity contribution is 0.255. The Labute approximate surface area is 167 Å².